The van der Waals surface area contributed by atoms with Crippen molar-refractivity contribution in [2.45, 2.75) is 13.0 Å². The quantitative estimate of drug-likeness (QED) is 0.599. The molecule has 0 aliphatic carbocycles. The number of nitrogens with zero attached hydrogens (tertiary/aromatic N) is 2. The summed E-state index contributed by atoms with van der Waals surface area (Å²) in [7, 11) is 0. The van der Waals surface area contributed by atoms with E-state index in [-0.39, 0.29) is 5.69 Å². The third-order valence-corrected chi connectivity index (χ3v) is 3.21. The molecule has 1 aromatic rings. The largest absolute Gasteiger partial charge is 0.492 e. The Morgan fingerprint density at radius 2 is 2.00 bits per heavy atom. The number of non-ortho nitro benzene ring substituents is 1. The van der Waals surface area contributed by atoms with Crippen molar-refractivity contribution < 1.29 is 14.4 Å². The minimum Gasteiger partial charge on any atom is -0.492 e. The molecule has 2 rings (SSSR count). The Morgan fingerprint density at radius 3 is 2.58 bits per heavy atom. The summed E-state index contributed by atoms with van der Waals surface area (Å²) in [5, 5.41) is 10.5. The lowest BCUT2D eigenvalue weighted by Gasteiger charge is -2.32. The first-order chi connectivity index (χ1) is 9.16. The molecule has 1 aliphatic heterocycles. The van der Waals surface area contributed by atoms with Gasteiger partial charge in [-0.3, -0.25) is 15.0 Å². The first kappa shape index (κ1) is 13.8. The van der Waals surface area contributed by atoms with E-state index >= 15 is 0 Å². The van der Waals surface area contributed by atoms with Gasteiger partial charge in [0.05, 0.1) is 18.1 Å². The molecule has 0 saturated carbocycles. The Morgan fingerprint density at radius 1 is 1.37 bits per heavy atom. The van der Waals surface area contributed by atoms with Crippen molar-refractivity contribution >= 4 is 5.69 Å². The van der Waals surface area contributed by atoms with Crippen molar-refractivity contribution in [3.63, 3.8) is 0 Å². The van der Waals surface area contributed by atoms with Gasteiger partial charge in [-0.15, -0.1) is 0 Å². The van der Waals surface area contributed by atoms with E-state index in [0.717, 1.165) is 26.3 Å². The van der Waals surface area contributed by atoms with Gasteiger partial charge in [0.1, 0.15) is 12.4 Å². The molecule has 1 fully saturated rings. The minimum absolute atomic E-state index is 0.0774. The van der Waals surface area contributed by atoms with Gasteiger partial charge in [0, 0.05) is 31.3 Å². The SMILES string of the molecule is CC(COc1ccc([N+](=O)[O-])cc1)N1CCOCC1. The van der Waals surface area contributed by atoms with Gasteiger partial charge in [-0.05, 0) is 19.1 Å². The highest BCUT2D eigenvalue weighted by Crippen LogP contribution is 2.17. The molecule has 0 bridgehead atoms. The first-order valence-electron chi connectivity index (χ1n) is 6.36. The molecule has 1 atom stereocenters. The van der Waals surface area contributed by atoms with Gasteiger partial charge in [-0.1, -0.05) is 0 Å². The highest BCUT2D eigenvalue weighted by Gasteiger charge is 2.17. The second kappa shape index (κ2) is 6.49. The van der Waals surface area contributed by atoms with E-state index in [2.05, 4.69) is 11.8 Å². The van der Waals surface area contributed by atoms with Crippen LogP contribution >= 0.6 is 0 Å². The van der Waals surface area contributed by atoms with Crippen LogP contribution in [0.15, 0.2) is 24.3 Å². The van der Waals surface area contributed by atoms with E-state index in [9.17, 15) is 10.1 Å². The summed E-state index contributed by atoms with van der Waals surface area (Å²) < 4.78 is 11.0. The molecule has 19 heavy (non-hydrogen) atoms. The molecule has 104 valence electrons. The Labute approximate surface area is 112 Å². The molecule has 0 spiro atoms. The summed E-state index contributed by atoms with van der Waals surface area (Å²) in [6.45, 7) is 6.05. The maximum Gasteiger partial charge on any atom is 0.269 e. The van der Waals surface area contributed by atoms with Crippen molar-refractivity contribution in [1.82, 2.24) is 4.90 Å². The normalized spacial score (nSPS) is 17.9. The van der Waals surface area contributed by atoms with Gasteiger partial charge in [0.2, 0.25) is 0 Å². The van der Waals surface area contributed by atoms with Gasteiger partial charge in [-0.2, -0.15) is 0 Å². The maximum absolute atomic E-state index is 10.5. The number of ether oxygens (including phenoxy) is 2. The van der Waals surface area contributed by atoms with Crippen LogP contribution < -0.4 is 4.74 Å². The van der Waals surface area contributed by atoms with Crippen LogP contribution in [0, 0.1) is 10.1 Å². The summed E-state index contributed by atoms with van der Waals surface area (Å²) in [5.74, 6) is 0.658. The Kier molecular flexibility index (Phi) is 4.70. The van der Waals surface area contributed by atoms with E-state index < -0.39 is 4.92 Å². The summed E-state index contributed by atoms with van der Waals surface area (Å²) in [6.07, 6.45) is 0. The van der Waals surface area contributed by atoms with Crippen molar-refractivity contribution in [2.75, 3.05) is 32.9 Å². The standard InChI is InChI=1S/C13H18N2O4/c1-11(14-6-8-18-9-7-14)10-19-13-4-2-12(3-5-13)15(16)17/h2-5,11H,6-10H2,1H3. The Balaban J connectivity index is 1.82. The highest BCUT2D eigenvalue weighted by molar-refractivity contribution is 5.35. The predicted molar refractivity (Wildman–Crippen MR) is 70.4 cm³/mol. The third-order valence-electron chi connectivity index (χ3n) is 3.21. The number of benzene rings is 1. The number of nitro benzene ring substituents is 1. The average molecular weight is 266 g/mol. The fraction of sp³-hybridized carbons (Fsp3) is 0.538. The smallest absolute Gasteiger partial charge is 0.269 e. The topological polar surface area (TPSA) is 64.8 Å². The average Bonchev–Trinajstić information content (AvgIpc) is 2.46. The van der Waals surface area contributed by atoms with Crippen LogP contribution in [-0.4, -0.2) is 48.8 Å². The molecule has 1 heterocycles. The number of rotatable bonds is 5. The van der Waals surface area contributed by atoms with Crippen LogP contribution in [0.25, 0.3) is 0 Å². The molecule has 1 saturated heterocycles. The Bertz CT molecular complexity index is 415. The molecule has 0 amide bonds. The number of hydrogen-bond acceptors (Lipinski definition) is 5. The number of nitro groups is 1. The van der Waals surface area contributed by atoms with Crippen molar-refractivity contribution in [3.8, 4) is 5.75 Å². The molecule has 1 unspecified atom stereocenters. The van der Waals surface area contributed by atoms with Gasteiger partial charge < -0.3 is 9.47 Å². The number of morpholine rings is 1. The molecule has 1 aliphatic rings. The van der Waals surface area contributed by atoms with Crippen LogP contribution in [0.1, 0.15) is 6.92 Å². The Hall–Kier alpha value is -1.66. The van der Waals surface area contributed by atoms with Crippen LogP contribution in [0.4, 0.5) is 5.69 Å². The molecule has 0 aromatic heterocycles. The van der Waals surface area contributed by atoms with E-state index in [1.165, 1.54) is 12.1 Å². The summed E-state index contributed by atoms with van der Waals surface area (Å²) in [6, 6.07) is 6.47. The van der Waals surface area contributed by atoms with E-state index in [1.807, 2.05) is 0 Å². The predicted octanol–water partition coefficient (Wildman–Crippen LogP) is 1.69. The van der Waals surface area contributed by atoms with Gasteiger partial charge in [-0.25, -0.2) is 0 Å². The lowest BCUT2D eigenvalue weighted by molar-refractivity contribution is -0.384. The molecule has 1 aromatic carbocycles. The zero-order valence-corrected chi connectivity index (χ0v) is 10.9. The zero-order chi connectivity index (χ0) is 13.7. The van der Waals surface area contributed by atoms with Crippen LogP contribution in [0.3, 0.4) is 0 Å². The fourth-order valence-corrected chi connectivity index (χ4v) is 2.00. The van der Waals surface area contributed by atoms with Gasteiger partial charge in [0.15, 0.2) is 0 Å². The first-order valence-corrected chi connectivity index (χ1v) is 6.36. The second-order valence-corrected chi connectivity index (χ2v) is 4.56. The zero-order valence-electron chi connectivity index (χ0n) is 10.9. The number of hydrogen-bond donors (Lipinski definition) is 0. The summed E-state index contributed by atoms with van der Waals surface area (Å²) in [4.78, 5) is 12.4. The summed E-state index contributed by atoms with van der Waals surface area (Å²) >= 11 is 0. The molecule has 0 N–H and O–H groups in total. The lowest BCUT2D eigenvalue weighted by atomic mass is 10.2. The third kappa shape index (κ3) is 3.90. The van der Waals surface area contributed by atoms with Crippen molar-refractivity contribution in [1.29, 1.82) is 0 Å². The van der Waals surface area contributed by atoms with E-state index in [0.29, 0.717) is 18.4 Å². The monoisotopic (exact) mass is 266 g/mol. The molecule has 6 heteroatoms. The second-order valence-electron chi connectivity index (χ2n) is 4.56. The van der Waals surface area contributed by atoms with E-state index in [1.54, 1.807) is 12.1 Å². The van der Waals surface area contributed by atoms with E-state index in [4.69, 9.17) is 9.47 Å². The summed E-state index contributed by atoms with van der Waals surface area (Å²) in [5.41, 5.74) is 0.0774. The van der Waals surface area contributed by atoms with Crippen LogP contribution in [0.2, 0.25) is 0 Å². The van der Waals surface area contributed by atoms with Crippen LogP contribution in [-0.2, 0) is 4.74 Å². The molecular formula is C13H18N2O4. The molecular weight excluding hydrogens is 248 g/mol. The minimum atomic E-state index is -0.417. The van der Waals surface area contributed by atoms with Gasteiger partial charge in [0.25, 0.3) is 5.69 Å². The van der Waals surface area contributed by atoms with Crippen molar-refractivity contribution in [2.24, 2.45) is 0 Å². The van der Waals surface area contributed by atoms with Crippen molar-refractivity contribution in [3.05, 3.63) is 34.4 Å². The molecule has 6 nitrogen and oxygen atoms in total. The fourth-order valence-electron chi connectivity index (χ4n) is 2.00. The lowest BCUT2D eigenvalue weighted by Crippen LogP contribution is -2.44. The maximum atomic E-state index is 10.5. The molecule has 0 radical (unpaired) electrons. The van der Waals surface area contributed by atoms with Gasteiger partial charge >= 0.3 is 0 Å². The highest BCUT2D eigenvalue weighted by atomic mass is 16.6. The van der Waals surface area contributed by atoms with Crippen LogP contribution in [0.5, 0.6) is 5.75 Å².